The Morgan fingerprint density at radius 3 is 2.53 bits per heavy atom. The van der Waals surface area contributed by atoms with Crippen molar-refractivity contribution in [1.82, 2.24) is 0 Å². The highest BCUT2D eigenvalue weighted by Crippen LogP contribution is 2.23. The molecule has 3 nitrogen and oxygen atoms in total. The largest absolute Gasteiger partial charge is 0.466 e. The van der Waals surface area contributed by atoms with Gasteiger partial charge in [-0.25, -0.2) is 0 Å². The topological polar surface area (TPSA) is 46.5 Å². The van der Waals surface area contributed by atoms with Crippen molar-refractivity contribution in [3.63, 3.8) is 0 Å². The van der Waals surface area contributed by atoms with Crippen LogP contribution in [0.25, 0.3) is 0 Å². The highest BCUT2D eigenvalue weighted by molar-refractivity contribution is 5.65. The molecule has 15 heavy (non-hydrogen) atoms. The number of aliphatic hydroxyl groups is 1. The van der Waals surface area contributed by atoms with Crippen LogP contribution in [0.5, 0.6) is 0 Å². The van der Waals surface area contributed by atoms with Crippen molar-refractivity contribution < 1.29 is 14.6 Å². The van der Waals surface area contributed by atoms with Gasteiger partial charge in [0.05, 0.1) is 12.2 Å². The molecule has 1 rings (SSSR count). The molecule has 1 atom stereocenters. The number of hydrogen-bond acceptors (Lipinski definition) is 3. The molecule has 0 bridgehead atoms. The molecule has 0 radical (unpaired) electrons. The highest BCUT2D eigenvalue weighted by Gasteiger charge is 2.22. The van der Waals surface area contributed by atoms with Crippen LogP contribution in [0, 0.1) is 0 Å². The van der Waals surface area contributed by atoms with Crippen molar-refractivity contribution in [1.29, 1.82) is 0 Å². The van der Waals surface area contributed by atoms with Gasteiger partial charge in [0.25, 0.3) is 0 Å². The predicted octanol–water partition coefficient (Wildman–Crippen LogP) is 1.85. The summed E-state index contributed by atoms with van der Waals surface area (Å²) in [4.78, 5) is 10.6. The van der Waals surface area contributed by atoms with Gasteiger partial charge in [-0.2, -0.15) is 0 Å². The lowest BCUT2D eigenvalue weighted by atomic mass is 9.93. The van der Waals surface area contributed by atoms with Crippen LogP contribution < -0.4 is 0 Å². The van der Waals surface area contributed by atoms with Gasteiger partial charge in [0.1, 0.15) is 0 Å². The van der Waals surface area contributed by atoms with Crippen LogP contribution in [-0.2, 0) is 15.1 Å². The first-order valence-electron chi connectivity index (χ1n) is 4.93. The fourth-order valence-corrected chi connectivity index (χ4v) is 1.34. The molecular formula is C12H16O3. The summed E-state index contributed by atoms with van der Waals surface area (Å²) < 4.78 is 4.80. The van der Waals surface area contributed by atoms with Crippen molar-refractivity contribution in [3.8, 4) is 0 Å². The quantitative estimate of drug-likeness (QED) is 0.768. The average Bonchev–Trinajstić information content (AvgIpc) is 2.18. The van der Waals surface area contributed by atoms with Gasteiger partial charge in [-0.1, -0.05) is 30.3 Å². The molecule has 0 saturated heterocycles. The summed E-state index contributed by atoms with van der Waals surface area (Å²) in [5, 5.41) is 10.1. The Hall–Kier alpha value is -1.35. The molecule has 0 aromatic heterocycles. The second-order valence-electron chi connectivity index (χ2n) is 3.73. The number of carbonyl (C=O) groups excluding carboxylic acids is 1. The summed E-state index contributed by atoms with van der Waals surface area (Å²) in [6, 6.07) is 9.35. The van der Waals surface area contributed by atoms with E-state index in [4.69, 9.17) is 4.74 Å². The van der Waals surface area contributed by atoms with E-state index in [1.165, 1.54) is 6.92 Å². The van der Waals surface area contributed by atoms with Gasteiger partial charge in [0.15, 0.2) is 0 Å². The maximum Gasteiger partial charge on any atom is 0.302 e. The zero-order chi connectivity index (χ0) is 11.3. The molecular weight excluding hydrogens is 192 g/mol. The third-order valence-electron chi connectivity index (χ3n) is 2.29. The van der Waals surface area contributed by atoms with E-state index in [9.17, 15) is 9.90 Å². The Morgan fingerprint density at radius 2 is 2.00 bits per heavy atom. The Labute approximate surface area is 89.7 Å². The normalized spacial score (nSPS) is 14.3. The molecule has 1 aromatic carbocycles. The monoisotopic (exact) mass is 208 g/mol. The van der Waals surface area contributed by atoms with Crippen molar-refractivity contribution in [2.45, 2.75) is 25.9 Å². The van der Waals surface area contributed by atoms with E-state index in [1.54, 1.807) is 6.92 Å². The van der Waals surface area contributed by atoms with Crippen LogP contribution in [-0.4, -0.2) is 17.7 Å². The average molecular weight is 208 g/mol. The van der Waals surface area contributed by atoms with Crippen LogP contribution in [0.2, 0.25) is 0 Å². The van der Waals surface area contributed by atoms with Crippen LogP contribution in [0.4, 0.5) is 0 Å². The van der Waals surface area contributed by atoms with Gasteiger partial charge in [-0.05, 0) is 12.5 Å². The van der Waals surface area contributed by atoms with Crippen LogP contribution in [0.1, 0.15) is 25.8 Å². The second kappa shape index (κ2) is 4.94. The first-order valence-corrected chi connectivity index (χ1v) is 4.93. The Kier molecular flexibility index (Phi) is 3.86. The number of benzene rings is 1. The molecule has 0 aliphatic carbocycles. The Bertz CT molecular complexity index is 317. The second-order valence-corrected chi connectivity index (χ2v) is 3.73. The van der Waals surface area contributed by atoms with E-state index >= 15 is 0 Å². The third-order valence-corrected chi connectivity index (χ3v) is 2.29. The summed E-state index contributed by atoms with van der Waals surface area (Å²) in [5.74, 6) is -0.320. The summed E-state index contributed by atoms with van der Waals surface area (Å²) in [6.07, 6.45) is 0.399. The number of hydrogen-bond donors (Lipinski definition) is 1. The van der Waals surface area contributed by atoms with E-state index in [-0.39, 0.29) is 12.6 Å². The molecule has 0 fully saturated rings. The summed E-state index contributed by atoms with van der Waals surface area (Å²) >= 11 is 0. The number of ether oxygens (including phenoxy) is 1. The molecule has 82 valence electrons. The fraction of sp³-hybridized carbons (Fsp3) is 0.417. The van der Waals surface area contributed by atoms with Gasteiger partial charge >= 0.3 is 5.97 Å². The van der Waals surface area contributed by atoms with Crippen LogP contribution >= 0.6 is 0 Å². The minimum Gasteiger partial charge on any atom is -0.466 e. The smallest absolute Gasteiger partial charge is 0.302 e. The maximum absolute atomic E-state index is 10.6. The van der Waals surface area contributed by atoms with Gasteiger partial charge < -0.3 is 9.84 Å². The van der Waals surface area contributed by atoms with Crippen molar-refractivity contribution >= 4 is 5.97 Å². The summed E-state index contributed by atoms with van der Waals surface area (Å²) in [7, 11) is 0. The lowest BCUT2D eigenvalue weighted by Gasteiger charge is -2.23. The predicted molar refractivity (Wildman–Crippen MR) is 57.3 cm³/mol. The van der Waals surface area contributed by atoms with E-state index < -0.39 is 5.60 Å². The minimum absolute atomic E-state index is 0.233. The molecule has 1 unspecified atom stereocenters. The van der Waals surface area contributed by atoms with E-state index in [0.29, 0.717) is 6.42 Å². The summed E-state index contributed by atoms with van der Waals surface area (Å²) in [5.41, 5.74) is -0.117. The Balaban J connectivity index is 2.56. The van der Waals surface area contributed by atoms with Crippen LogP contribution in [0.15, 0.2) is 30.3 Å². The molecule has 0 spiro atoms. The molecule has 0 heterocycles. The lowest BCUT2D eigenvalue weighted by Crippen LogP contribution is -2.23. The SMILES string of the molecule is CC(=O)OCCC(C)(O)c1ccccc1. The molecule has 0 aliphatic rings. The molecule has 1 N–H and O–H groups in total. The van der Waals surface area contributed by atoms with Crippen molar-refractivity contribution in [3.05, 3.63) is 35.9 Å². The molecule has 0 aliphatic heterocycles. The fourth-order valence-electron chi connectivity index (χ4n) is 1.34. The first-order chi connectivity index (χ1) is 7.02. The standard InChI is InChI=1S/C12H16O3/c1-10(13)15-9-8-12(2,14)11-6-4-3-5-7-11/h3-7,14H,8-9H2,1-2H3. The molecule has 0 amide bonds. The van der Waals surface area contributed by atoms with Crippen molar-refractivity contribution in [2.75, 3.05) is 6.61 Å². The van der Waals surface area contributed by atoms with E-state index in [2.05, 4.69) is 0 Å². The zero-order valence-corrected chi connectivity index (χ0v) is 9.06. The first kappa shape index (κ1) is 11.7. The number of rotatable bonds is 4. The van der Waals surface area contributed by atoms with E-state index in [0.717, 1.165) is 5.56 Å². The maximum atomic E-state index is 10.6. The molecule has 3 heteroatoms. The zero-order valence-electron chi connectivity index (χ0n) is 9.06. The Morgan fingerprint density at radius 1 is 1.40 bits per heavy atom. The number of carbonyl (C=O) groups is 1. The third kappa shape index (κ3) is 3.72. The van der Waals surface area contributed by atoms with E-state index in [1.807, 2.05) is 30.3 Å². The lowest BCUT2D eigenvalue weighted by molar-refractivity contribution is -0.142. The molecule has 0 saturated carbocycles. The highest BCUT2D eigenvalue weighted by atomic mass is 16.5. The molecule has 1 aromatic rings. The van der Waals surface area contributed by atoms with Gasteiger partial charge in [-0.3, -0.25) is 4.79 Å². The van der Waals surface area contributed by atoms with Crippen LogP contribution in [0.3, 0.4) is 0 Å². The van der Waals surface area contributed by atoms with Gasteiger partial charge in [0, 0.05) is 13.3 Å². The van der Waals surface area contributed by atoms with Crippen molar-refractivity contribution in [2.24, 2.45) is 0 Å². The van der Waals surface area contributed by atoms with Gasteiger partial charge in [-0.15, -0.1) is 0 Å². The number of esters is 1. The summed E-state index contributed by atoms with van der Waals surface area (Å²) in [6.45, 7) is 3.31. The minimum atomic E-state index is -0.948. The van der Waals surface area contributed by atoms with Gasteiger partial charge in [0.2, 0.25) is 0 Å².